The number of rotatable bonds is 2. The van der Waals surface area contributed by atoms with E-state index in [1.165, 1.54) is 5.56 Å². The van der Waals surface area contributed by atoms with Gasteiger partial charge in [0.25, 0.3) is 0 Å². The Labute approximate surface area is 91.0 Å². The molecule has 1 aromatic carbocycles. The van der Waals surface area contributed by atoms with Crippen molar-refractivity contribution < 1.29 is 4.74 Å². The second kappa shape index (κ2) is 4.64. The smallest absolute Gasteiger partial charge is 0.123 e. The van der Waals surface area contributed by atoms with Crippen LogP contribution in [0.4, 0.5) is 0 Å². The van der Waals surface area contributed by atoms with Gasteiger partial charge in [-0.15, -0.1) is 0 Å². The summed E-state index contributed by atoms with van der Waals surface area (Å²) in [7, 11) is 3.88. The summed E-state index contributed by atoms with van der Waals surface area (Å²) in [6, 6.07) is 8.62. The van der Waals surface area contributed by atoms with E-state index in [9.17, 15) is 0 Å². The number of ether oxygens (including phenoxy) is 1. The van der Waals surface area contributed by atoms with Gasteiger partial charge in [0.05, 0.1) is 7.11 Å². The fourth-order valence-electron chi connectivity index (χ4n) is 2.06. The quantitative estimate of drug-likeness (QED) is 0.788. The number of hydrogen-bond donors (Lipinski definition) is 1. The van der Waals surface area contributed by atoms with Crippen LogP contribution in [0.3, 0.4) is 0 Å². The Morgan fingerprint density at radius 2 is 2.20 bits per heavy atom. The van der Waals surface area contributed by atoms with Crippen LogP contribution in [0.15, 0.2) is 24.3 Å². The van der Waals surface area contributed by atoms with E-state index < -0.39 is 0 Å². The molecule has 3 heteroatoms. The zero-order valence-corrected chi connectivity index (χ0v) is 9.36. The number of benzene rings is 1. The highest BCUT2D eigenvalue weighted by molar-refractivity contribution is 5.36. The van der Waals surface area contributed by atoms with Gasteiger partial charge >= 0.3 is 0 Å². The summed E-state index contributed by atoms with van der Waals surface area (Å²) in [4.78, 5) is 2.34. The summed E-state index contributed by atoms with van der Waals surface area (Å²) in [6.45, 7) is 3.20. The number of para-hydroxylation sites is 1. The predicted molar refractivity (Wildman–Crippen MR) is 61.2 cm³/mol. The fraction of sp³-hybridized carbons (Fsp3) is 0.500. The summed E-state index contributed by atoms with van der Waals surface area (Å²) in [5, 5.41) is 3.52. The first kappa shape index (κ1) is 10.5. The van der Waals surface area contributed by atoms with Crippen LogP contribution < -0.4 is 10.1 Å². The van der Waals surface area contributed by atoms with Gasteiger partial charge in [-0.05, 0) is 13.1 Å². The lowest BCUT2D eigenvalue weighted by molar-refractivity contribution is 0.237. The van der Waals surface area contributed by atoms with Crippen molar-refractivity contribution in [2.45, 2.75) is 6.04 Å². The third kappa shape index (κ3) is 2.30. The van der Waals surface area contributed by atoms with Crippen molar-refractivity contribution >= 4 is 0 Å². The van der Waals surface area contributed by atoms with Crippen LogP contribution >= 0.6 is 0 Å². The molecule has 0 aliphatic carbocycles. The molecule has 0 saturated carbocycles. The van der Waals surface area contributed by atoms with Gasteiger partial charge in [0, 0.05) is 31.2 Å². The molecule has 1 heterocycles. The highest BCUT2D eigenvalue weighted by Gasteiger charge is 2.20. The van der Waals surface area contributed by atoms with Crippen molar-refractivity contribution in [3.05, 3.63) is 29.8 Å². The largest absolute Gasteiger partial charge is 0.496 e. The van der Waals surface area contributed by atoms with Crippen LogP contribution in [0.1, 0.15) is 11.6 Å². The molecule has 1 N–H and O–H groups in total. The van der Waals surface area contributed by atoms with Gasteiger partial charge in [0.1, 0.15) is 5.75 Å². The van der Waals surface area contributed by atoms with Crippen LogP contribution in [-0.2, 0) is 0 Å². The van der Waals surface area contributed by atoms with E-state index in [1.54, 1.807) is 7.11 Å². The van der Waals surface area contributed by atoms with Crippen molar-refractivity contribution in [3.8, 4) is 5.75 Å². The van der Waals surface area contributed by atoms with Crippen molar-refractivity contribution in [3.63, 3.8) is 0 Å². The van der Waals surface area contributed by atoms with E-state index in [1.807, 2.05) is 12.1 Å². The van der Waals surface area contributed by atoms with Crippen LogP contribution in [0.2, 0.25) is 0 Å². The molecule has 1 unspecified atom stereocenters. The number of piperazine rings is 1. The van der Waals surface area contributed by atoms with E-state index in [-0.39, 0.29) is 0 Å². The van der Waals surface area contributed by atoms with E-state index in [0.29, 0.717) is 6.04 Å². The molecule has 1 fully saturated rings. The molecule has 1 aromatic rings. The number of nitrogens with zero attached hydrogens (tertiary/aromatic N) is 1. The maximum Gasteiger partial charge on any atom is 0.123 e. The zero-order valence-electron chi connectivity index (χ0n) is 9.36. The topological polar surface area (TPSA) is 24.5 Å². The van der Waals surface area contributed by atoms with E-state index in [4.69, 9.17) is 4.74 Å². The fourth-order valence-corrected chi connectivity index (χ4v) is 2.06. The van der Waals surface area contributed by atoms with E-state index in [0.717, 1.165) is 25.4 Å². The highest BCUT2D eigenvalue weighted by Crippen LogP contribution is 2.26. The average Bonchev–Trinajstić information content (AvgIpc) is 2.29. The third-order valence-corrected chi connectivity index (χ3v) is 2.89. The SMILES string of the molecule is COc1ccccc1C1CN(C)CCN1. The summed E-state index contributed by atoms with van der Waals surface area (Å²) in [5.74, 6) is 0.977. The van der Waals surface area contributed by atoms with Crippen molar-refractivity contribution in [1.29, 1.82) is 0 Å². The molecular formula is C12H18N2O. The normalized spacial score (nSPS) is 22.7. The molecular weight excluding hydrogens is 188 g/mol. The van der Waals surface area contributed by atoms with E-state index >= 15 is 0 Å². The summed E-state index contributed by atoms with van der Waals surface area (Å²) >= 11 is 0. The molecule has 2 rings (SSSR count). The van der Waals surface area contributed by atoms with Gasteiger partial charge in [0.15, 0.2) is 0 Å². The van der Waals surface area contributed by atoms with Crippen LogP contribution in [-0.4, -0.2) is 38.7 Å². The Hall–Kier alpha value is -1.06. The molecule has 1 atom stereocenters. The Morgan fingerprint density at radius 3 is 2.93 bits per heavy atom. The minimum Gasteiger partial charge on any atom is -0.496 e. The van der Waals surface area contributed by atoms with Crippen LogP contribution in [0.5, 0.6) is 5.75 Å². The molecule has 0 radical (unpaired) electrons. The molecule has 82 valence electrons. The lowest BCUT2D eigenvalue weighted by Gasteiger charge is -2.31. The number of methoxy groups -OCH3 is 1. The van der Waals surface area contributed by atoms with Gasteiger partial charge in [-0.25, -0.2) is 0 Å². The predicted octanol–water partition coefficient (Wildman–Crippen LogP) is 1.27. The maximum absolute atomic E-state index is 5.38. The Balaban J connectivity index is 2.20. The lowest BCUT2D eigenvalue weighted by atomic mass is 10.0. The molecule has 3 nitrogen and oxygen atoms in total. The van der Waals surface area contributed by atoms with Gasteiger partial charge in [0.2, 0.25) is 0 Å². The van der Waals surface area contributed by atoms with Crippen LogP contribution in [0.25, 0.3) is 0 Å². The highest BCUT2D eigenvalue weighted by atomic mass is 16.5. The first-order valence-corrected chi connectivity index (χ1v) is 5.36. The van der Waals surface area contributed by atoms with Gasteiger partial charge in [-0.3, -0.25) is 0 Å². The van der Waals surface area contributed by atoms with Crippen LogP contribution in [0, 0.1) is 0 Å². The van der Waals surface area contributed by atoms with Gasteiger partial charge in [-0.1, -0.05) is 18.2 Å². The Morgan fingerprint density at radius 1 is 1.40 bits per heavy atom. The van der Waals surface area contributed by atoms with Gasteiger partial charge in [-0.2, -0.15) is 0 Å². The molecule has 1 aliphatic heterocycles. The van der Waals surface area contributed by atoms with Gasteiger partial charge < -0.3 is 15.0 Å². The van der Waals surface area contributed by atoms with Crippen molar-refractivity contribution in [2.24, 2.45) is 0 Å². The number of nitrogens with one attached hydrogen (secondary N) is 1. The molecule has 1 saturated heterocycles. The van der Waals surface area contributed by atoms with Crippen molar-refractivity contribution in [2.75, 3.05) is 33.8 Å². The monoisotopic (exact) mass is 206 g/mol. The minimum absolute atomic E-state index is 0.389. The molecule has 0 spiro atoms. The molecule has 0 bridgehead atoms. The Bertz CT molecular complexity index is 327. The Kier molecular flexibility index (Phi) is 3.23. The third-order valence-electron chi connectivity index (χ3n) is 2.89. The second-order valence-electron chi connectivity index (χ2n) is 4.01. The number of likely N-dealkylation sites (N-methyl/N-ethyl adjacent to an activating group) is 1. The first-order chi connectivity index (χ1) is 7.31. The second-order valence-corrected chi connectivity index (χ2v) is 4.01. The molecule has 0 amide bonds. The minimum atomic E-state index is 0.389. The van der Waals surface area contributed by atoms with Crippen molar-refractivity contribution in [1.82, 2.24) is 10.2 Å². The molecule has 1 aliphatic rings. The zero-order chi connectivity index (χ0) is 10.7. The molecule has 15 heavy (non-hydrogen) atoms. The first-order valence-electron chi connectivity index (χ1n) is 5.36. The molecule has 0 aromatic heterocycles. The van der Waals surface area contributed by atoms with E-state index in [2.05, 4.69) is 29.4 Å². The summed E-state index contributed by atoms with van der Waals surface area (Å²) in [5.41, 5.74) is 1.26. The number of hydrogen-bond acceptors (Lipinski definition) is 3. The standard InChI is InChI=1S/C12H18N2O/c1-14-8-7-13-11(9-14)10-5-3-4-6-12(10)15-2/h3-6,11,13H,7-9H2,1-2H3. The lowest BCUT2D eigenvalue weighted by Crippen LogP contribution is -2.43. The summed E-state index contributed by atoms with van der Waals surface area (Å²) in [6.07, 6.45) is 0. The summed E-state index contributed by atoms with van der Waals surface area (Å²) < 4.78 is 5.38. The maximum atomic E-state index is 5.38. The average molecular weight is 206 g/mol.